The molecular weight excluding hydrogens is 396 g/mol. The number of aryl methyl sites for hydroxylation is 1. The average molecular weight is 417 g/mol. The maximum atomic E-state index is 13.7. The zero-order valence-corrected chi connectivity index (χ0v) is 16.5. The SMILES string of the molecule is COc1ccc(CC[C@@]2(C)NC(=O)N(CC(=O)Nc3cc(F)ccc3F)C2=O)cc1. The van der Waals surface area contributed by atoms with Crippen molar-refractivity contribution < 1.29 is 27.9 Å². The van der Waals surface area contributed by atoms with Crippen molar-refractivity contribution in [1.29, 1.82) is 0 Å². The fraction of sp³-hybridized carbons (Fsp3) is 0.286. The summed E-state index contributed by atoms with van der Waals surface area (Å²) in [4.78, 5) is 38.0. The summed E-state index contributed by atoms with van der Waals surface area (Å²) in [6.45, 7) is 0.972. The Morgan fingerprint density at radius 3 is 2.53 bits per heavy atom. The van der Waals surface area contributed by atoms with E-state index >= 15 is 0 Å². The number of hydrogen-bond acceptors (Lipinski definition) is 4. The zero-order valence-electron chi connectivity index (χ0n) is 16.5. The third-order valence-electron chi connectivity index (χ3n) is 4.92. The van der Waals surface area contributed by atoms with Crippen LogP contribution in [-0.4, -0.2) is 41.9 Å². The Labute approximate surface area is 172 Å². The molecule has 0 bridgehead atoms. The molecule has 0 radical (unpaired) electrons. The molecule has 2 aromatic carbocycles. The van der Waals surface area contributed by atoms with Crippen LogP contribution in [0.1, 0.15) is 18.9 Å². The van der Waals surface area contributed by atoms with Gasteiger partial charge in [0.15, 0.2) is 0 Å². The van der Waals surface area contributed by atoms with Gasteiger partial charge in [0.05, 0.1) is 12.8 Å². The standard InChI is InChI=1S/C21H21F2N3O4/c1-21(10-9-13-3-6-15(30-2)7-4-13)19(28)26(20(29)25-21)12-18(27)24-17-11-14(22)5-8-16(17)23/h3-8,11H,9-10,12H2,1-2H3,(H,24,27)(H,25,29)/t21-/m1/s1. The number of methoxy groups -OCH3 is 1. The number of hydrogen-bond donors (Lipinski definition) is 2. The maximum absolute atomic E-state index is 13.7. The predicted molar refractivity (Wildman–Crippen MR) is 105 cm³/mol. The van der Waals surface area contributed by atoms with Crippen LogP contribution in [0.4, 0.5) is 19.3 Å². The van der Waals surface area contributed by atoms with E-state index in [1.54, 1.807) is 26.2 Å². The van der Waals surface area contributed by atoms with Crippen molar-refractivity contribution in [1.82, 2.24) is 10.2 Å². The summed E-state index contributed by atoms with van der Waals surface area (Å²) in [5.74, 6) is -2.22. The quantitative estimate of drug-likeness (QED) is 0.679. The Bertz CT molecular complexity index is 981. The molecule has 0 aromatic heterocycles. The maximum Gasteiger partial charge on any atom is 0.325 e. The Balaban J connectivity index is 1.62. The van der Waals surface area contributed by atoms with Gasteiger partial charge in [-0.2, -0.15) is 0 Å². The minimum Gasteiger partial charge on any atom is -0.497 e. The molecule has 7 nitrogen and oxygen atoms in total. The molecule has 1 saturated heterocycles. The first-order valence-electron chi connectivity index (χ1n) is 9.24. The van der Waals surface area contributed by atoms with Gasteiger partial charge in [-0.1, -0.05) is 12.1 Å². The lowest BCUT2D eigenvalue weighted by molar-refractivity contribution is -0.133. The van der Waals surface area contributed by atoms with E-state index in [2.05, 4.69) is 10.6 Å². The second-order valence-electron chi connectivity index (χ2n) is 7.17. The second-order valence-corrected chi connectivity index (χ2v) is 7.17. The number of rotatable bonds is 7. The molecule has 0 unspecified atom stereocenters. The van der Waals surface area contributed by atoms with Gasteiger partial charge in [-0.05, 0) is 49.6 Å². The zero-order chi connectivity index (χ0) is 21.9. The first-order valence-corrected chi connectivity index (χ1v) is 9.24. The van der Waals surface area contributed by atoms with Gasteiger partial charge in [0.2, 0.25) is 5.91 Å². The number of carbonyl (C=O) groups excluding carboxylic acids is 3. The van der Waals surface area contributed by atoms with E-state index in [4.69, 9.17) is 4.74 Å². The molecule has 1 aliphatic heterocycles. The summed E-state index contributed by atoms with van der Waals surface area (Å²) >= 11 is 0. The van der Waals surface area contributed by atoms with Crippen LogP contribution in [0.15, 0.2) is 42.5 Å². The molecule has 2 N–H and O–H groups in total. The van der Waals surface area contributed by atoms with Gasteiger partial charge in [-0.3, -0.25) is 14.5 Å². The van der Waals surface area contributed by atoms with Crippen LogP contribution in [0, 0.1) is 11.6 Å². The summed E-state index contributed by atoms with van der Waals surface area (Å²) in [5.41, 5.74) is -0.590. The number of halogens is 2. The number of nitrogens with zero attached hydrogens (tertiary/aromatic N) is 1. The third kappa shape index (κ3) is 4.56. The number of ether oxygens (including phenoxy) is 1. The highest BCUT2D eigenvalue weighted by Crippen LogP contribution is 2.24. The van der Waals surface area contributed by atoms with Crippen molar-refractivity contribution in [3.63, 3.8) is 0 Å². The Kier molecular flexibility index (Phi) is 6.00. The molecule has 0 spiro atoms. The predicted octanol–water partition coefficient (Wildman–Crippen LogP) is 2.86. The van der Waals surface area contributed by atoms with Crippen molar-refractivity contribution in [2.75, 3.05) is 19.0 Å². The van der Waals surface area contributed by atoms with E-state index in [0.29, 0.717) is 18.6 Å². The molecule has 1 heterocycles. The molecule has 1 fully saturated rings. The van der Waals surface area contributed by atoms with Crippen LogP contribution in [0.2, 0.25) is 0 Å². The van der Waals surface area contributed by atoms with Gasteiger partial charge < -0.3 is 15.4 Å². The molecule has 0 saturated carbocycles. The monoisotopic (exact) mass is 417 g/mol. The van der Waals surface area contributed by atoms with Crippen molar-refractivity contribution in [2.45, 2.75) is 25.3 Å². The van der Waals surface area contributed by atoms with Gasteiger partial charge in [0, 0.05) is 6.07 Å². The molecule has 3 rings (SSSR count). The Morgan fingerprint density at radius 2 is 1.87 bits per heavy atom. The number of imide groups is 1. The first kappa shape index (κ1) is 21.2. The summed E-state index contributed by atoms with van der Waals surface area (Å²) < 4.78 is 32.0. The summed E-state index contributed by atoms with van der Waals surface area (Å²) in [6.07, 6.45) is 0.835. The fourth-order valence-electron chi connectivity index (χ4n) is 3.17. The van der Waals surface area contributed by atoms with Gasteiger partial charge in [0.1, 0.15) is 29.5 Å². The van der Waals surface area contributed by atoms with Crippen LogP contribution in [0.3, 0.4) is 0 Å². The fourth-order valence-corrected chi connectivity index (χ4v) is 3.17. The third-order valence-corrected chi connectivity index (χ3v) is 4.92. The van der Waals surface area contributed by atoms with Crippen LogP contribution in [-0.2, 0) is 16.0 Å². The van der Waals surface area contributed by atoms with Crippen LogP contribution < -0.4 is 15.4 Å². The molecule has 1 aliphatic rings. The summed E-state index contributed by atoms with van der Waals surface area (Å²) in [6, 6.07) is 9.21. The Morgan fingerprint density at radius 1 is 1.17 bits per heavy atom. The number of carbonyl (C=O) groups is 3. The largest absolute Gasteiger partial charge is 0.497 e. The highest BCUT2D eigenvalue weighted by molar-refractivity contribution is 6.09. The highest BCUT2D eigenvalue weighted by Gasteiger charge is 2.47. The number of benzene rings is 2. The summed E-state index contributed by atoms with van der Waals surface area (Å²) in [5, 5.41) is 4.79. The molecule has 1 atom stereocenters. The minimum absolute atomic E-state index is 0.320. The van der Waals surface area contributed by atoms with E-state index in [9.17, 15) is 23.2 Å². The summed E-state index contributed by atoms with van der Waals surface area (Å²) in [7, 11) is 1.57. The number of nitrogens with one attached hydrogen (secondary N) is 2. The van der Waals surface area contributed by atoms with Gasteiger partial charge in [0.25, 0.3) is 5.91 Å². The van der Waals surface area contributed by atoms with Gasteiger partial charge >= 0.3 is 6.03 Å². The van der Waals surface area contributed by atoms with Crippen LogP contribution in [0.5, 0.6) is 5.75 Å². The minimum atomic E-state index is -1.18. The molecule has 158 valence electrons. The van der Waals surface area contributed by atoms with Crippen molar-refractivity contribution in [3.05, 3.63) is 59.7 Å². The molecule has 9 heteroatoms. The highest BCUT2D eigenvalue weighted by atomic mass is 19.1. The van der Waals surface area contributed by atoms with Crippen LogP contribution >= 0.6 is 0 Å². The lowest BCUT2D eigenvalue weighted by atomic mass is 9.93. The lowest BCUT2D eigenvalue weighted by Gasteiger charge is -2.21. The van der Waals surface area contributed by atoms with E-state index in [1.807, 2.05) is 12.1 Å². The van der Waals surface area contributed by atoms with Gasteiger partial charge in [-0.15, -0.1) is 0 Å². The molecule has 4 amide bonds. The normalized spacial score (nSPS) is 18.3. The van der Waals surface area contributed by atoms with E-state index in [1.165, 1.54) is 0 Å². The Hall–Kier alpha value is -3.49. The number of amides is 4. The van der Waals surface area contributed by atoms with Crippen molar-refractivity contribution >= 4 is 23.5 Å². The lowest BCUT2D eigenvalue weighted by Crippen LogP contribution is -2.45. The molecular formula is C21H21F2N3O4. The van der Waals surface area contributed by atoms with Gasteiger partial charge in [-0.25, -0.2) is 13.6 Å². The van der Waals surface area contributed by atoms with Crippen molar-refractivity contribution in [2.24, 2.45) is 0 Å². The topological polar surface area (TPSA) is 87.7 Å². The smallest absolute Gasteiger partial charge is 0.325 e. The van der Waals surface area contributed by atoms with E-state index in [-0.39, 0.29) is 5.69 Å². The average Bonchev–Trinajstić information content (AvgIpc) is 2.93. The second kappa shape index (κ2) is 8.48. The van der Waals surface area contributed by atoms with Crippen molar-refractivity contribution in [3.8, 4) is 5.75 Å². The molecule has 30 heavy (non-hydrogen) atoms. The first-order chi connectivity index (χ1) is 14.2. The number of anilines is 1. The van der Waals surface area contributed by atoms with Crippen LogP contribution in [0.25, 0.3) is 0 Å². The number of urea groups is 1. The van der Waals surface area contributed by atoms with E-state index in [0.717, 1.165) is 28.7 Å². The van der Waals surface area contributed by atoms with E-state index < -0.39 is 41.6 Å². The molecule has 0 aliphatic carbocycles. The molecule has 2 aromatic rings.